The Hall–Kier alpha value is -2.19. The van der Waals surface area contributed by atoms with Crippen LogP contribution in [0.25, 0.3) is 0 Å². The van der Waals surface area contributed by atoms with Crippen LogP contribution in [0.15, 0.2) is 33.7 Å². The van der Waals surface area contributed by atoms with Gasteiger partial charge in [0.25, 0.3) is 0 Å². The van der Waals surface area contributed by atoms with E-state index in [9.17, 15) is 13.2 Å². The fraction of sp³-hybridized carbons (Fsp3) is 0.412. The molecule has 0 radical (unpaired) electrons. The van der Waals surface area contributed by atoms with E-state index in [0.29, 0.717) is 5.69 Å². The van der Waals surface area contributed by atoms with E-state index in [4.69, 9.17) is 4.52 Å². The number of nitrogens with zero attached hydrogens (tertiary/aromatic N) is 1. The van der Waals surface area contributed by atoms with Gasteiger partial charge in [0, 0.05) is 18.7 Å². The molecule has 2 N–H and O–H groups in total. The molecule has 0 spiro atoms. The Bertz CT molecular complexity index is 837. The summed E-state index contributed by atoms with van der Waals surface area (Å²) in [5, 5.41) is 6.47. The number of amides is 1. The molecule has 1 aromatic heterocycles. The van der Waals surface area contributed by atoms with E-state index in [-0.39, 0.29) is 35.4 Å². The van der Waals surface area contributed by atoms with Crippen LogP contribution < -0.4 is 10.0 Å². The second-order valence-corrected chi connectivity index (χ2v) is 7.79. The number of carbonyl (C=O) groups is 1. The van der Waals surface area contributed by atoms with E-state index in [0.717, 1.165) is 11.3 Å². The number of nitrogens with one attached hydrogen (secondary N) is 2. The van der Waals surface area contributed by atoms with Gasteiger partial charge in [0.1, 0.15) is 10.6 Å². The number of anilines is 1. The average molecular weight is 365 g/mol. The van der Waals surface area contributed by atoms with Crippen molar-refractivity contribution in [2.45, 2.75) is 44.9 Å². The van der Waals surface area contributed by atoms with Crippen LogP contribution in [0.3, 0.4) is 0 Å². The molecule has 136 valence electrons. The van der Waals surface area contributed by atoms with Crippen molar-refractivity contribution in [3.63, 3.8) is 0 Å². The van der Waals surface area contributed by atoms with Crippen molar-refractivity contribution in [3.05, 3.63) is 41.3 Å². The Kier molecular flexibility index (Phi) is 5.97. The maximum absolute atomic E-state index is 12.3. The van der Waals surface area contributed by atoms with Gasteiger partial charge in [-0.2, -0.15) is 0 Å². The quantitative estimate of drug-likeness (QED) is 0.785. The summed E-state index contributed by atoms with van der Waals surface area (Å²) in [6.45, 7) is 7.16. The fourth-order valence-corrected chi connectivity index (χ4v) is 3.91. The van der Waals surface area contributed by atoms with E-state index in [1.54, 1.807) is 6.92 Å². The van der Waals surface area contributed by atoms with Gasteiger partial charge in [-0.05, 0) is 31.4 Å². The lowest BCUT2D eigenvalue weighted by Crippen LogP contribution is -2.28. The first-order valence-corrected chi connectivity index (χ1v) is 9.52. The molecule has 0 unspecified atom stereocenters. The van der Waals surface area contributed by atoms with Gasteiger partial charge < -0.3 is 9.84 Å². The molecule has 8 heteroatoms. The summed E-state index contributed by atoms with van der Waals surface area (Å²) in [6, 6.07) is 7.56. The fourth-order valence-electron chi connectivity index (χ4n) is 2.56. The van der Waals surface area contributed by atoms with Gasteiger partial charge >= 0.3 is 0 Å². The van der Waals surface area contributed by atoms with Gasteiger partial charge in [-0.15, -0.1) is 0 Å². The van der Waals surface area contributed by atoms with Crippen molar-refractivity contribution in [1.82, 2.24) is 9.88 Å². The van der Waals surface area contributed by atoms with Crippen LogP contribution in [0, 0.1) is 13.8 Å². The van der Waals surface area contributed by atoms with Crippen molar-refractivity contribution in [1.29, 1.82) is 0 Å². The molecule has 1 heterocycles. The molecule has 0 atom stereocenters. The molecule has 1 amide bonds. The lowest BCUT2D eigenvalue weighted by Gasteiger charge is -2.13. The van der Waals surface area contributed by atoms with E-state index >= 15 is 0 Å². The van der Waals surface area contributed by atoms with Crippen LogP contribution in [-0.2, 0) is 14.8 Å². The third kappa shape index (κ3) is 4.67. The zero-order valence-corrected chi connectivity index (χ0v) is 15.6. The largest absolute Gasteiger partial charge is 0.360 e. The molecule has 0 aliphatic carbocycles. The number of rotatable bonds is 7. The summed E-state index contributed by atoms with van der Waals surface area (Å²) in [5.74, 6) is 0.240. The van der Waals surface area contributed by atoms with Crippen molar-refractivity contribution < 1.29 is 17.7 Å². The molecule has 0 aliphatic rings. The van der Waals surface area contributed by atoms with E-state index in [1.165, 1.54) is 6.92 Å². The molecule has 1 aromatic carbocycles. The van der Waals surface area contributed by atoms with Gasteiger partial charge in [-0.1, -0.05) is 37.2 Å². The molecule has 25 heavy (non-hydrogen) atoms. The number of hydrogen-bond donors (Lipinski definition) is 2. The summed E-state index contributed by atoms with van der Waals surface area (Å²) in [4.78, 5) is 12.1. The predicted octanol–water partition coefficient (Wildman–Crippen LogP) is 2.72. The molecule has 2 rings (SSSR count). The SMILES string of the molecule is Cc1noc(C)c1S(=O)(=O)NCCC(=O)Nc1ccccc1C(C)C. The Labute approximate surface area is 147 Å². The van der Waals surface area contributed by atoms with Gasteiger partial charge in [-0.25, -0.2) is 13.1 Å². The minimum absolute atomic E-state index is 0.0118. The number of aryl methyl sites for hydroxylation is 2. The van der Waals surface area contributed by atoms with Crippen LogP contribution in [0.5, 0.6) is 0 Å². The van der Waals surface area contributed by atoms with E-state index < -0.39 is 10.0 Å². The van der Waals surface area contributed by atoms with Gasteiger partial charge in [-0.3, -0.25) is 4.79 Å². The number of sulfonamides is 1. The maximum Gasteiger partial charge on any atom is 0.245 e. The summed E-state index contributed by atoms with van der Waals surface area (Å²) in [6.07, 6.45) is 0.0229. The van der Waals surface area contributed by atoms with E-state index in [2.05, 4.69) is 15.2 Å². The van der Waals surface area contributed by atoms with Crippen molar-refractivity contribution in [2.24, 2.45) is 0 Å². The lowest BCUT2D eigenvalue weighted by molar-refractivity contribution is -0.116. The summed E-state index contributed by atoms with van der Waals surface area (Å²) in [7, 11) is -3.75. The first-order valence-electron chi connectivity index (χ1n) is 8.03. The molecule has 0 saturated carbocycles. The molecule has 0 bridgehead atoms. The zero-order chi connectivity index (χ0) is 18.6. The molecule has 2 aromatic rings. The highest BCUT2D eigenvalue weighted by Gasteiger charge is 2.23. The highest BCUT2D eigenvalue weighted by molar-refractivity contribution is 7.89. The van der Waals surface area contributed by atoms with Crippen LogP contribution in [0.4, 0.5) is 5.69 Å². The molecule has 0 fully saturated rings. The number of carbonyl (C=O) groups excluding carboxylic acids is 1. The second-order valence-electron chi connectivity index (χ2n) is 6.09. The lowest BCUT2D eigenvalue weighted by atomic mass is 10.0. The number of hydrogen-bond acceptors (Lipinski definition) is 5. The minimum atomic E-state index is -3.75. The van der Waals surface area contributed by atoms with Crippen LogP contribution in [-0.4, -0.2) is 26.0 Å². The van der Waals surface area contributed by atoms with Gasteiger partial charge in [0.15, 0.2) is 5.76 Å². The molecule has 0 aliphatic heterocycles. The number of para-hydroxylation sites is 1. The smallest absolute Gasteiger partial charge is 0.245 e. The van der Waals surface area contributed by atoms with Crippen LogP contribution >= 0.6 is 0 Å². The molecular weight excluding hydrogens is 342 g/mol. The molecular formula is C17H23N3O4S. The molecule has 0 saturated heterocycles. The topological polar surface area (TPSA) is 101 Å². The Morgan fingerprint density at radius 1 is 1.24 bits per heavy atom. The van der Waals surface area contributed by atoms with Gasteiger partial charge in [0.2, 0.25) is 15.9 Å². The Morgan fingerprint density at radius 3 is 2.52 bits per heavy atom. The van der Waals surface area contributed by atoms with Crippen molar-refractivity contribution in [3.8, 4) is 0 Å². The third-order valence-corrected chi connectivity index (χ3v) is 5.44. The first-order chi connectivity index (χ1) is 11.7. The zero-order valence-electron chi connectivity index (χ0n) is 14.8. The summed E-state index contributed by atoms with van der Waals surface area (Å²) < 4.78 is 31.8. The van der Waals surface area contributed by atoms with Crippen LogP contribution in [0.1, 0.15) is 43.2 Å². The van der Waals surface area contributed by atoms with Crippen molar-refractivity contribution in [2.75, 3.05) is 11.9 Å². The normalized spacial score (nSPS) is 11.7. The Balaban J connectivity index is 1.95. The minimum Gasteiger partial charge on any atom is -0.360 e. The van der Waals surface area contributed by atoms with E-state index in [1.807, 2.05) is 38.1 Å². The first kappa shape index (κ1) is 19.1. The monoisotopic (exact) mass is 365 g/mol. The summed E-state index contributed by atoms with van der Waals surface area (Å²) in [5.41, 5.74) is 2.07. The predicted molar refractivity (Wildman–Crippen MR) is 94.9 cm³/mol. The van der Waals surface area contributed by atoms with Crippen molar-refractivity contribution >= 4 is 21.6 Å². The standard InChI is InChI=1S/C17H23N3O4S/c1-11(2)14-7-5-6-8-15(14)19-16(21)9-10-18-25(22,23)17-12(3)20-24-13(17)4/h5-8,11,18H,9-10H2,1-4H3,(H,19,21). The maximum atomic E-state index is 12.3. The third-order valence-electron chi connectivity index (χ3n) is 3.74. The number of aromatic nitrogens is 1. The van der Waals surface area contributed by atoms with Crippen LogP contribution in [0.2, 0.25) is 0 Å². The van der Waals surface area contributed by atoms with Gasteiger partial charge in [0.05, 0.1) is 0 Å². The Morgan fingerprint density at radius 2 is 1.92 bits per heavy atom. The molecule has 7 nitrogen and oxygen atoms in total. The highest BCUT2D eigenvalue weighted by Crippen LogP contribution is 2.23. The number of benzene rings is 1. The summed E-state index contributed by atoms with van der Waals surface area (Å²) >= 11 is 0. The average Bonchev–Trinajstić information content (AvgIpc) is 2.87. The highest BCUT2D eigenvalue weighted by atomic mass is 32.2. The second kappa shape index (κ2) is 7.79.